The third-order valence-corrected chi connectivity index (χ3v) is 4.57. The fourth-order valence-corrected chi connectivity index (χ4v) is 3.49. The molecule has 1 saturated heterocycles. The Morgan fingerprint density at radius 1 is 1.17 bits per heavy atom. The van der Waals surface area contributed by atoms with Crippen LogP contribution < -0.4 is 15.2 Å². The van der Waals surface area contributed by atoms with Crippen molar-refractivity contribution < 1.29 is 9.47 Å². The first kappa shape index (κ1) is 18.1. The van der Waals surface area contributed by atoms with Crippen molar-refractivity contribution >= 4 is 0 Å². The van der Waals surface area contributed by atoms with Crippen LogP contribution in [0.2, 0.25) is 0 Å². The molecule has 130 valence electrons. The number of piperidine rings is 1. The summed E-state index contributed by atoms with van der Waals surface area (Å²) in [6.07, 6.45) is 6.14. The minimum absolute atomic E-state index is 0.126. The summed E-state index contributed by atoms with van der Waals surface area (Å²) in [4.78, 5) is 2.59. The van der Waals surface area contributed by atoms with E-state index in [0.29, 0.717) is 6.04 Å². The van der Waals surface area contributed by atoms with Crippen molar-refractivity contribution in [2.75, 3.05) is 27.3 Å². The maximum absolute atomic E-state index is 6.23. The van der Waals surface area contributed by atoms with Crippen molar-refractivity contribution in [1.29, 1.82) is 0 Å². The molecule has 0 aromatic heterocycles. The average Bonchev–Trinajstić information content (AvgIpc) is 2.52. The van der Waals surface area contributed by atoms with Gasteiger partial charge >= 0.3 is 0 Å². The molecule has 0 bridgehead atoms. The number of hydrogen-bond donors (Lipinski definition) is 1. The van der Waals surface area contributed by atoms with Crippen LogP contribution in [-0.4, -0.2) is 43.8 Å². The second-order valence-corrected chi connectivity index (χ2v) is 7.34. The first-order valence-corrected chi connectivity index (χ1v) is 8.67. The Hall–Kier alpha value is -1.26. The highest BCUT2D eigenvalue weighted by Gasteiger charge is 2.26. The van der Waals surface area contributed by atoms with E-state index in [1.165, 1.54) is 37.8 Å². The lowest BCUT2D eigenvalue weighted by Gasteiger charge is -2.39. The Bertz CT molecular complexity index is 497. The highest BCUT2D eigenvalue weighted by molar-refractivity contribution is 5.42. The zero-order chi connectivity index (χ0) is 16.9. The van der Waals surface area contributed by atoms with Gasteiger partial charge in [0, 0.05) is 18.1 Å². The molecule has 1 aliphatic rings. The lowest BCUT2D eigenvalue weighted by molar-refractivity contribution is 0.116. The number of benzene rings is 1. The van der Waals surface area contributed by atoms with Crippen LogP contribution in [-0.2, 0) is 6.42 Å². The van der Waals surface area contributed by atoms with Crippen molar-refractivity contribution in [3.8, 4) is 11.5 Å². The summed E-state index contributed by atoms with van der Waals surface area (Å²) in [5, 5.41) is 0. The van der Waals surface area contributed by atoms with Crippen molar-refractivity contribution in [2.45, 2.75) is 57.5 Å². The molecule has 4 heteroatoms. The van der Waals surface area contributed by atoms with Gasteiger partial charge in [-0.25, -0.2) is 0 Å². The predicted molar refractivity (Wildman–Crippen MR) is 95.3 cm³/mol. The molecule has 1 fully saturated rings. The first-order valence-electron chi connectivity index (χ1n) is 8.67. The summed E-state index contributed by atoms with van der Waals surface area (Å²) in [6.45, 7) is 6.39. The number of likely N-dealkylation sites (tertiary alicyclic amines) is 1. The van der Waals surface area contributed by atoms with Crippen LogP contribution in [0.4, 0.5) is 0 Å². The van der Waals surface area contributed by atoms with Crippen LogP contribution >= 0.6 is 0 Å². The molecule has 0 aliphatic carbocycles. The molecular formula is C19H32N2O2. The van der Waals surface area contributed by atoms with Crippen molar-refractivity contribution in [2.24, 2.45) is 5.73 Å². The molecule has 2 N–H and O–H groups in total. The van der Waals surface area contributed by atoms with Gasteiger partial charge in [-0.2, -0.15) is 0 Å². The number of aryl methyl sites for hydroxylation is 1. The summed E-state index contributed by atoms with van der Waals surface area (Å²) in [7, 11) is 3.36. The minimum Gasteiger partial charge on any atom is -0.493 e. The third kappa shape index (κ3) is 5.40. The molecule has 1 aromatic rings. The molecule has 0 radical (unpaired) electrons. The topological polar surface area (TPSA) is 47.7 Å². The Kier molecular flexibility index (Phi) is 6.31. The Labute approximate surface area is 140 Å². The van der Waals surface area contributed by atoms with E-state index in [-0.39, 0.29) is 5.54 Å². The monoisotopic (exact) mass is 320 g/mol. The van der Waals surface area contributed by atoms with Gasteiger partial charge in [-0.15, -0.1) is 0 Å². The van der Waals surface area contributed by atoms with E-state index >= 15 is 0 Å². The van der Waals surface area contributed by atoms with E-state index in [4.69, 9.17) is 15.2 Å². The third-order valence-electron chi connectivity index (χ3n) is 4.57. The van der Waals surface area contributed by atoms with Gasteiger partial charge in [0.25, 0.3) is 0 Å². The van der Waals surface area contributed by atoms with Crippen LogP contribution in [0.25, 0.3) is 0 Å². The SMILES string of the molecule is COc1ccc(CCC2CCCCN2CC(C)(C)N)cc1OC. The highest BCUT2D eigenvalue weighted by Crippen LogP contribution is 2.29. The average molecular weight is 320 g/mol. The number of nitrogens with zero attached hydrogens (tertiary/aromatic N) is 1. The Morgan fingerprint density at radius 3 is 2.57 bits per heavy atom. The zero-order valence-corrected chi connectivity index (χ0v) is 15.1. The van der Waals surface area contributed by atoms with Crippen molar-refractivity contribution in [1.82, 2.24) is 4.90 Å². The fraction of sp³-hybridized carbons (Fsp3) is 0.684. The molecule has 1 atom stereocenters. The molecule has 1 aliphatic heterocycles. The van der Waals surface area contributed by atoms with Crippen LogP contribution in [0.1, 0.15) is 45.1 Å². The zero-order valence-electron chi connectivity index (χ0n) is 15.1. The van der Waals surface area contributed by atoms with Crippen LogP contribution in [0.3, 0.4) is 0 Å². The van der Waals surface area contributed by atoms with E-state index in [0.717, 1.165) is 24.5 Å². The lowest BCUT2D eigenvalue weighted by atomic mass is 9.93. The Balaban J connectivity index is 1.97. The molecular weight excluding hydrogens is 288 g/mol. The van der Waals surface area contributed by atoms with Gasteiger partial charge < -0.3 is 15.2 Å². The summed E-state index contributed by atoms with van der Waals surface area (Å²) in [5.74, 6) is 1.61. The van der Waals surface area contributed by atoms with Crippen LogP contribution in [0.5, 0.6) is 11.5 Å². The second-order valence-electron chi connectivity index (χ2n) is 7.34. The highest BCUT2D eigenvalue weighted by atomic mass is 16.5. The number of ether oxygens (including phenoxy) is 2. The number of methoxy groups -OCH3 is 2. The molecule has 1 unspecified atom stereocenters. The molecule has 23 heavy (non-hydrogen) atoms. The van der Waals surface area contributed by atoms with Gasteiger partial charge in [0.2, 0.25) is 0 Å². The normalized spacial score (nSPS) is 19.6. The van der Waals surface area contributed by atoms with Crippen molar-refractivity contribution in [3.63, 3.8) is 0 Å². The van der Waals surface area contributed by atoms with Gasteiger partial charge in [0.05, 0.1) is 14.2 Å². The molecule has 0 saturated carbocycles. The van der Waals surface area contributed by atoms with Crippen LogP contribution in [0, 0.1) is 0 Å². The van der Waals surface area contributed by atoms with E-state index in [1.54, 1.807) is 14.2 Å². The summed E-state index contributed by atoms with van der Waals surface area (Å²) >= 11 is 0. The maximum atomic E-state index is 6.23. The summed E-state index contributed by atoms with van der Waals surface area (Å²) in [5.41, 5.74) is 7.41. The number of rotatable bonds is 7. The molecule has 0 spiro atoms. The number of nitrogens with two attached hydrogens (primary N) is 1. The van der Waals surface area contributed by atoms with Gasteiger partial charge in [0.15, 0.2) is 11.5 Å². The minimum atomic E-state index is -0.126. The number of hydrogen-bond acceptors (Lipinski definition) is 4. The van der Waals surface area contributed by atoms with E-state index in [9.17, 15) is 0 Å². The molecule has 0 amide bonds. The Morgan fingerprint density at radius 2 is 1.91 bits per heavy atom. The van der Waals surface area contributed by atoms with Gasteiger partial charge in [0.1, 0.15) is 0 Å². The summed E-state index contributed by atoms with van der Waals surface area (Å²) < 4.78 is 10.7. The molecule has 1 heterocycles. The lowest BCUT2D eigenvalue weighted by Crippen LogP contribution is -2.51. The van der Waals surface area contributed by atoms with E-state index in [2.05, 4.69) is 30.9 Å². The van der Waals surface area contributed by atoms with Gasteiger partial charge in [-0.05, 0) is 63.8 Å². The predicted octanol–water partition coefficient (Wildman–Crippen LogP) is 3.23. The fourth-order valence-electron chi connectivity index (χ4n) is 3.49. The van der Waals surface area contributed by atoms with Crippen molar-refractivity contribution in [3.05, 3.63) is 23.8 Å². The second kappa shape index (κ2) is 8.02. The smallest absolute Gasteiger partial charge is 0.160 e. The first-order chi connectivity index (χ1) is 10.9. The molecule has 4 nitrogen and oxygen atoms in total. The summed E-state index contributed by atoms with van der Waals surface area (Å²) in [6, 6.07) is 6.87. The van der Waals surface area contributed by atoms with Gasteiger partial charge in [-0.1, -0.05) is 12.5 Å². The van der Waals surface area contributed by atoms with Gasteiger partial charge in [-0.3, -0.25) is 4.90 Å². The van der Waals surface area contributed by atoms with Crippen LogP contribution in [0.15, 0.2) is 18.2 Å². The van der Waals surface area contributed by atoms with E-state index < -0.39 is 0 Å². The maximum Gasteiger partial charge on any atom is 0.160 e. The molecule has 2 rings (SSSR count). The standard InChI is InChI=1S/C19H32N2O2/c1-19(2,20)14-21-12-6-5-7-16(21)10-8-15-9-11-17(22-3)18(13-15)23-4/h9,11,13,16H,5-8,10,12,14,20H2,1-4H3. The van der Waals surface area contributed by atoms with E-state index in [1.807, 2.05) is 6.07 Å². The molecule has 1 aromatic carbocycles. The largest absolute Gasteiger partial charge is 0.493 e. The quantitative estimate of drug-likeness (QED) is 0.838.